The summed E-state index contributed by atoms with van der Waals surface area (Å²) in [6.45, 7) is 0. The van der Waals surface area contributed by atoms with Gasteiger partial charge in [0.2, 0.25) is 0 Å². The van der Waals surface area contributed by atoms with Crippen molar-refractivity contribution in [2.75, 3.05) is 0 Å². The Labute approximate surface area is 109 Å². The Morgan fingerprint density at radius 3 is 2.83 bits per heavy atom. The first kappa shape index (κ1) is 10.9. The monoisotopic (exact) mass is 256 g/mol. The van der Waals surface area contributed by atoms with Crippen molar-refractivity contribution in [2.45, 2.75) is 0 Å². The van der Waals surface area contributed by atoms with E-state index in [1.165, 1.54) is 6.33 Å². The lowest BCUT2D eigenvalue weighted by Crippen LogP contribution is -1.96. The van der Waals surface area contributed by atoms with Crippen LogP contribution in [0.15, 0.2) is 55.4 Å². The van der Waals surface area contributed by atoms with Gasteiger partial charge in [-0.1, -0.05) is 23.7 Å². The van der Waals surface area contributed by atoms with E-state index >= 15 is 0 Å². The molecule has 0 saturated carbocycles. The number of hydrogen-bond acceptors (Lipinski definition) is 3. The van der Waals surface area contributed by atoms with Crippen molar-refractivity contribution in [3.8, 4) is 17.1 Å². The van der Waals surface area contributed by atoms with E-state index in [0.717, 1.165) is 17.1 Å². The minimum Gasteiger partial charge on any atom is -0.290 e. The molecule has 0 aliphatic heterocycles. The average Bonchev–Trinajstić information content (AvgIpc) is 2.93. The Morgan fingerprint density at radius 2 is 2.06 bits per heavy atom. The SMILES string of the molecule is Clc1cccc(-c2cc(-n3ccnc3)ncn2)c1. The molecular weight excluding hydrogens is 248 g/mol. The minimum absolute atomic E-state index is 0.690. The summed E-state index contributed by atoms with van der Waals surface area (Å²) < 4.78 is 1.83. The van der Waals surface area contributed by atoms with Crippen LogP contribution in [0.3, 0.4) is 0 Å². The molecule has 1 aromatic carbocycles. The van der Waals surface area contributed by atoms with Gasteiger partial charge in [0, 0.05) is 29.0 Å². The number of halogens is 1. The zero-order chi connectivity index (χ0) is 12.4. The van der Waals surface area contributed by atoms with Crippen molar-refractivity contribution in [2.24, 2.45) is 0 Å². The second-order valence-corrected chi connectivity index (χ2v) is 4.18. The number of aromatic nitrogens is 4. The fourth-order valence-electron chi connectivity index (χ4n) is 1.69. The molecule has 4 nitrogen and oxygen atoms in total. The molecule has 3 rings (SSSR count). The maximum atomic E-state index is 5.98. The predicted octanol–water partition coefficient (Wildman–Crippen LogP) is 2.98. The number of imidazole rings is 1. The topological polar surface area (TPSA) is 43.6 Å². The van der Waals surface area contributed by atoms with E-state index in [-0.39, 0.29) is 0 Å². The highest BCUT2D eigenvalue weighted by Crippen LogP contribution is 2.21. The summed E-state index contributed by atoms with van der Waals surface area (Å²) in [6, 6.07) is 9.47. The average molecular weight is 257 g/mol. The van der Waals surface area contributed by atoms with Gasteiger partial charge in [-0.3, -0.25) is 4.57 Å². The van der Waals surface area contributed by atoms with Gasteiger partial charge in [0.1, 0.15) is 18.5 Å². The lowest BCUT2D eigenvalue weighted by molar-refractivity contribution is 0.973. The highest BCUT2D eigenvalue weighted by atomic mass is 35.5. The molecule has 0 spiro atoms. The summed E-state index contributed by atoms with van der Waals surface area (Å²) in [5, 5.41) is 0.690. The molecule has 0 N–H and O–H groups in total. The van der Waals surface area contributed by atoms with Gasteiger partial charge in [-0.15, -0.1) is 0 Å². The van der Waals surface area contributed by atoms with Crippen LogP contribution >= 0.6 is 11.6 Å². The van der Waals surface area contributed by atoms with Gasteiger partial charge >= 0.3 is 0 Å². The van der Waals surface area contributed by atoms with Crippen molar-refractivity contribution >= 4 is 11.6 Å². The van der Waals surface area contributed by atoms with Crippen LogP contribution in [0.4, 0.5) is 0 Å². The van der Waals surface area contributed by atoms with Gasteiger partial charge in [-0.2, -0.15) is 0 Å². The van der Waals surface area contributed by atoms with Gasteiger partial charge in [0.05, 0.1) is 5.69 Å². The van der Waals surface area contributed by atoms with Gasteiger partial charge in [-0.25, -0.2) is 15.0 Å². The molecule has 3 aromatic rings. The zero-order valence-corrected chi connectivity index (χ0v) is 10.1. The summed E-state index contributed by atoms with van der Waals surface area (Å²) in [7, 11) is 0. The molecule has 88 valence electrons. The summed E-state index contributed by atoms with van der Waals surface area (Å²) in [5.41, 5.74) is 1.79. The largest absolute Gasteiger partial charge is 0.290 e. The number of rotatable bonds is 2. The van der Waals surface area contributed by atoms with E-state index in [9.17, 15) is 0 Å². The molecular formula is C13H9ClN4. The van der Waals surface area contributed by atoms with Crippen LogP contribution in [0.5, 0.6) is 0 Å². The molecule has 0 aliphatic carbocycles. The van der Waals surface area contributed by atoms with E-state index < -0.39 is 0 Å². The van der Waals surface area contributed by atoms with Gasteiger partial charge in [0.15, 0.2) is 0 Å². The van der Waals surface area contributed by atoms with Gasteiger partial charge in [0.25, 0.3) is 0 Å². The van der Waals surface area contributed by atoms with Crippen LogP contribution in [0.1, 0.15) is 0 Å². The van der Waals surface area contributed by atoms with Crippen LogP contribution in [0.2, 0.25) is 5.02 Å². The molecule has 0 bridgehead atoms. The number of hydrogen-bond donors (Lipinski definition) is 0. The minimum atomic E-state index is 0.690. The van der Waals surface area contributed by atoms with Crippen LogP contribution in [-0.2, 0) is 0 Å². The second-order valence-electron chi connectivity index (χ2n) is 3.74. The van der Waals surface area contributed by atoms with Crippen molar-refractivity contribution in [3.05, 3.63) is 60.4 Å². The van der Waals surface area contributed by atoms with E-state index in [1.54, 1.807) is 12.5 Å². The quantitative estimate of drug-likeness (QED) is 0.708. The highest BCUT2D eigenvalue weighted by Gasteiger charge is 2.03. The molecule has 2 aromatic heterocycles. The first-order valence-corrected chi connectivity index (χ1v) is 5.77. The summed E-state index contributed by atoms with van der Waals surface area (Å²) in [6.07, 6.45) is 6.78. The summed E-state index contributed by atoms with van der Waals surface area (Å²) >= 11 is 5.98. The normalized spacial score (nSPS) is 10.5. The van der Waals surface area contributed by atoms with E-state index in [4.69, 9.17) is 11.6 Å². The highest BCUT2D eigenvalue weighted by molar-refractivity contribution is 6.30. The molecule has 0 radical (unpaired) electrons. The summed E-state index contributed by atoms with van der Waals surface area (Å²) in [4.78, 5) is 12.5. The van der Waals surface area contributed by atoms with E-state index in [0.29, 0.717) is 5.02 Å². The third-order valence-electron chi connectivity index (χ3n) is 2.54. The Hall–Kier alpha value is -2.20. The molecule has 5 heteroatoms. The van der Waals surface area contributed by atoms with Crippen molar-refractivity contribution in [1.82, 2.24) is 19.5 Å². The van der Waals surface area contributed by atoms with Crippen molar-refractivity contribution in [1.29, 1.82) is 0 Å². The fourth-order valence-corrected chi connectivity index (χ4v) is 1.88. The molecule has 0 amide bonds. The van der Waals surface area contributed by atoms with Crippen LogP contribution < -0.4 is 0 Å². The molecule has 2 heterocycles. The Bertz CT molecular complexity index is 664. The second kappa shape index (κ2) is 4.58. The van der Waals surface area contributed by atoms with Gasteiger partial charge in [-0.05, 0) is 12.1 Å². The van der Waals surface area contributed by atoms with Crippen LogP contribution in [0, 0.1) is 0 Å². The molecule has 18 heavy (non-hydrogen) atoms. The maximum Gasteiger partial charge on any atom is 0.141 e. The Kier molecular flexibility index (Phi) is 2.78. The third-order valence-corrected chi connectivity index (χ3v) is 2.78. The standard InChI is InChI=1S/C13H9ClN4/c14-11-3-1-2-10(6-11)12-7-13(17-8-16-12)18-5-4-15-9-18/h1-9H. The number of benzene rings is 1. The van der Waals surface area contributed by atoms with Crippen molar-refractivity contribution < 1.29 is 0 Å². The lowest BCUT2D eigenvalue weighted by atomic mass is 10.1. The van der Waals surface area contributed by atoms with E-state index in [1.807, 2.05) is 41.1 Å². The molecule has 0 atom stereocenters. The van der Waals surface area contributed by atoms with Gasteiger partial charge < -0.3 is 0 Å². The maximum absolute atomic E-state index is 5.98. The van der Waals surface area contributed by atoms with E-state index in [2.05, 4.69) is 15.0 Å². The molecule has 0 aliphatic rings. The molecule has 0 unspecified atom stereocenters. The third kappa shape index (κ3) is 2.10. The molecule has 0 saturated heterocycles. The first-order valence-electron chi connectivity index (χ1n) is 5.39. The Balaban J connectivity index is 2.06. The van der Waals surface area contributed by atoms with Crippen LogP contribution in [-0.4, -0.2) is 19.5 Å². The van der Waals surface area contributed by atoms with Crippen LogP contribution in [0.25, 0.3) is 17.1 Å². The fraction of sp³-hybridized carbons (Fsp3) is 0. The first-order chi connectivity index (χ1) is 8.83. The summed E-state index contributed by atoms with van der Waals surface area (Å²) in [5.74, 6) is 0.775. The van der Waals surface area contributed by atoms with Crippen molar-refractivity contribution in [3.63, 3.8) is 0 Å². The smallest absolute Gasteiger partial charge is 0.141 e. The zero-order valence-electron chi connectivity index (χ0n) is 9.36. The lowest BCUT2D eigenvalue weighted by Gasteiger charge is -2.04. The number of nitrogens with zero attached hydrogens (tertiary/aromatic N) is 4. The predicted molar refractivity (Wildman–Crippen MR) is 69.6 cm³/mol. The molecule has 0 fully saturated rings. The Morgan fingerprint density at radius 1 is 1.11 bits per heavy atom.